The quantitative estimate of drug-likeness (QED) is 0.702. The fraction of sp³-hybridized carbons (Fsp3) is 0.478. The lowest BCUT2D eigenvalue weighted by molar-refractivity contribution is -0.118. The predicted octanol–water partition coefficient (Wildman–Crippen LogP) is 5.49. The Kier molecular flexibility index (Phi) is 5.54. The van der Waals surface area contributed by atoms with Crippen molar-refractivity contribution in [2.75, 3.05) is 4.90 Å². The Labute approximate surface area is 162 Å². The molecule has 3 rings (SSSR count). The van der Waals surface area contributed by atoms with Crippen molar-refractivity contribution in [2.24, 2.45) is 0 Å². The van der Waals surface area contributed by atoms with E-state index in [0.717, 1.165) is 52.5 Å². The van der Waals surface area contributed by atoms with Gasteiger partial charge in [0, 0.05) is 23.7 Å². The molecule has 2 heterocycles. The smallest absolute Gasteiger partial charge is 0.233 e. The van der Waals surface area contributed by atoms with E-state index in [-0.39, 0.29) is 12.0 Å². The number of pyridine rings is 1. The molecule has 0 saturated carbocycles. The van der Waals surface area contributed by atoms with Gasteiger partial charge < -0.3 is 4.74 Å². The summed E-state index contributed by atoms with van der Waals surface area (Å²) in [6.07, 6.45) is 3.27. The molecule has 1 aliphatic heterocycles. The Morgan fingerprint density at radius 1 is 1.04 bits per heavy atom. The van der Waals surface area contributed by atoms with E-state index < -0.39 is 0 Å². The van der Waals surface area contributed by atoms with Gasteiger partial charge in [-0.25, -0.2) is 4.98 Å². The predicted molar refractivity (Wildman–Crippen MR) is 110 cm³/mol. The van der Waals surface area contributed by atoms with Crippen LogP contribution >= 0.6 is 0 Å². The van der Waals surface area contributed by atoms with Gasteiger partial charge in [-0.3, -0.25) is 9.69 Å². The van der Waals surface area contributed by atoms with Crippen LogP contribution in [-0.2, 0) is 11.2 Å². The summed E-state index contributed by atoms with van der Waals surface area (Å²) in [4.78, 5) is 19.5. The van der Waals surface area contributed by atoms with Gasteiger partial charge in [0.25, 0.3) is 0 Å². The fourth-order valence-corrected chi connectivity index (χ4v) is 4.03. The zero-order chi connectivity index (χ0) is 19.7. The van der Waals surface area contributed by atoms with Gasteiger partial charge in [-0.2, -0.15) is 0 Å². The van der Waals surface area contributed by atoms with Crippen molar-refractivity contribution in [1.29, 1.82) is 0 Å². The van der Waals surface area contributed by atoms with Crippen LogP contribution in [0.15, 0.2) is 18.2 Å². The second-order valence-corrected chi connectivity index (χ2v) is 7.60. The van der Waals surface area contributed by atoms with Gasteiger partial charge in [0.2, 0.25) is 5.91 Å². The number of rotatable bonds is 5. The summed E-state index contributed by atoms with van der Waals surface area (Å²) >= 11 is 0. The molecule has 4 heteroatoms. The highest BCUT2D eigenvalue weighted by Crippen LogP contribution is 2.41. The van der Waals surface area contributed by atoms with Crippen LogP contribution in [0, 0.1) is 27.7 Å². The molecule has 27 heavy (non-hydrogen) atoms. The molecule has 0 aliphatic carbocycles. The second-order valence-electron chi connectivity index (χ2n) is 7.60. The number of hydrogen-bond acceptors (Lipinski definition) is 3. The first-order valence-electron chi connectivity index (χ1n) is 9.93. The monoisotopic (exact) mass is 366 g/mol. The topological polar surface area (TPSA) is 42.4 Å². The van der Waals surface area contributed by atoms with Gasteiger partial charge in [0.1, 0.15) is 11.6 Å². The Bertz CT molecular complexity index is 846. The van der Waals surface area contributed by atoms with Crippen LogP contribution in [0.3, 0.4) is 0 Å². The number of fused-ring (bicyclic) bond motifs is 1. The van der Waals surface area contributed by atoms with E-state index in [2.05, 4.69) is 46.8 Å². The minimum absolute atomic E-state index is 0.101. The third kappa shape index (κ3) is 3.71. The fourth-order valence-electron chi connectivity index (χ4n) is 4.03. The third-order valence-corrected chi connectivity index (χ3v) is 5.30. The molecular weight excluding hydrogens is 336 g/mol. The molecule has 144 valence electrons. The SMILES string of the molecule is CCC(CC)Oc1cc(C)nc2c1CCC(=O)N2c1c(C)cc(C)cc1C. The molecule has 1 aromatic carbocycles. The normalized spacial score (nSPS) is 13.9. The molecule has 0 saturated heterocycles. The average molecular weight is 367 g/mol. The zero-order valence-electron chi connectivity index (χ0n) is 17.3. The van der Waals surface area contributed by atoms with Crippen LogP contribution in [0.1, 0.15) is 61.1 Å². The number of carbonyl (C=O) groups excluding carboxylic acids is 1. The molecule has 0 unspecified atom stereocenters. The third-order valence-electron chi connectivity index (χ3n) is 5.30. The first kappa shape index (κ1) is 19.4. The minimum atomic E-state index is 0.101. The standard InChI is InChI=1S/C23H30N2O2/c1-7-18(8-2)27-20-13-17(6)24-23-19(20)9-10-21(26)25(23)22-15(4)11-14(3)12-16(22)5/h11-13,18H,7-10H2,1-6H3. The second kappa shape index (κ2) is 7.71. The zero-order valence-corrected chi connectivity index (χ0v) is 17.3. The highest BCUT2D eigenvalue weighted by atomic mass is 16.5. The molecule has 0 fully saturated rings. The first-order chi connectivity index (χ1) is 12.8. The molecule has 2 aromatic rings. The van der Waals surface area contributed by atoms with E-state index in [0.29, 0.717) is 12.8 Å². The lowest BCUT2D eigenvalue weighted by Gasteiger charge is -2.32. The molecule has 1 amide bonds. The van der Waals surface area contributed by atoms with Gasteiger partial charge in [-0.05, 0) is 58.1 Å². The maximum Gasteiger partial charge on any atom is 0.233 e. The van der Waals surface area contributed by atoms with Crippen molar-refractivity contribution in [2.45, 2.75) is 73.3 Å². The van der Waals surface area contributed by atoms with Crippen molar-refractivity contribution in [3.63, 3.8) is 0 Å². The number of carbonyl (C=O) groups is 1. The van der Waals surface area contributed by atoms with Gasteiger partial charge in [-0.1, -0.05) is 31.5 Å². The van der Waals surface area contributed by atoms with E-state index in [4.69, 9.17) is 9.72 Å². The van der Waals surface area contributed by atoms with Crippen LogP contribution < -0.4 is 9.64 Å². The summed E-state index contributed by atoms with van der Waals surface area (Å²) < 4.78 is 6.31. The molecule has 0 N–H and O–H groups in total. The first-order valence-corrected chi connectivity index (χ1v) is 9.93. The van der Waals surface area contributed by atoms with Crippen LogP contribution in [-0.4, -0.2) is 17.0 Å². The summed E-state index contributed by atoms with van der Waals surface area (Å²) in [6.45, 7) is 12.5. The largest absolute Gasteiger partial charge is 0.490 e. The summed E-state index contributed by atoms with van der Waals surface area (Å²) in [5.41, 5.74) is 6.27. The van der Waals surface area contributed by atoms with E-state index in [1.54, 1.807) is 0 Å². The van der Waals surface area contributed by atoms with Gasteiger partial charge in [-0.15, -0.1) is 0 Å². The molecular formula is C23H30N2O2. The van der Waals surface area contributed by atoms with Crippen molar-refractivity contribution in [3.05, 3.63) is 46.1 Å². The Morgan fingerprint density at radius 3 is 2.26 bits per heavy atom. The summed E-state index contributed by atoms with van der Waals surface area (Å²) in [5.74, 6) is 1.72. The molecule has 1 aliphatic rings. The van der Waals surface area contributed by atoms with Crippen LogP contribution in [0.4, 0.5) is 11.5 Å². The van der Waals surface area contributed by atoms with Crippen molar-refractivity contribution < 1.29 is 9.53 Å². The number of benzene rings is 1. The summed E-state index contributed by atoms with van der Waals surface area (Å²) in [7, 11) is 0. The van der Waals surface area contributed by atoms with E-state index >= 15 is 0 Å². The number of ether oxygens (including phenoxy) is 1. The summed E-state index contributed by atoms with van der Waals surface area (Å²) in [5, 5.41) is 0. The number of amides is 1. The van der Waals surface area contributed by atoms with Crippen molar-refractivity contribution in [3.8, 4) is 5.75 Å². The summed E-state index contributed by atoms with van der Waals surface area (Å²) in [6, 6.07) is 6.27. The molecule has 0 bridgehead atoms. The maximum atomic E-state index is 12.9. The number of hydrogen-bond donors (Lipinski definition) is 0. The van der Waals surface area contributed by atoms with Crippen LogP contribution in [0.25, 0.3) is 0 Å². The Hall–Kier alpha value is -2.36. The van der Waals surface area contributed by atoms with Gasteiger partial charge in [0.05, 0.1) is 11.8 Å². The average Bonchev–Trinajstić information content (AvgIpc) is 2.60. The lowest BCUT2D eigenvalue weighted by Crippen LogP contribution is -2.33. The number of aromatic nitrogens is 1. The molecule has 0 radical (unpaired) electrons. The van der Waals surface area contributed by atoms with Crippen molar-refractivity contribution in [1.82, 2.24) is 4.98 Å². The molecule has 0 spiro atoms. The van der Waals surface area contributed by atoms with E-state index in [1.807, 2.05) is 17.9 Å². The van der Waals surface area contributed by atoms with Gasteiger partial charge in [0.15, 0.2) is 0 Å². The Balaban J connectivity index is 2.16. The van der Waals surface area contributed by atoms with Crippen molar-refractivity contribution >= 4 is 17.4 Å². The van der Waals surface area contributed by atoms with E-state index in [9.17, 15) is 4.79 Å². The number of anilines is 2. The number of nitrogens with zero attached hydrogens (tertiary/aromatic N) is 2. The van der Waals surface area contributed by atoms with Crippen LogP contribution in [0.2, 0.25) is 0 Å². The maximum absolute atomic E-state index is 12.9. The lowest BCUT2D eigenvalue weighted by atomic mass is 9.98. The molecule has 4 nitrogen and oxygen atoms in total. The molecule has 0 atom stereocenters. The molecule has 1 aromatic heterocycles. The highest BCUT2D eigenvalue weighted by molar-refractivity contribution is 6.03. The van der Waals surface area contributed by atoms with Crippen LogP contribution in [0.5, 0.6) is 5.75 Å². The Morgan fingerprint density at radius 2 is 1.67 bits per heavy atom. The van der Waals surface area contributed by atoms with Gasteiger partial charge >= 0.3 is 0 Å². The van der Waals surface area contributed by atoms with E-state index in [1.165, 1.54) is 5.56 Å². The highest BCUT2D eigenvalue weighted by Gasteiger charge is 2.32. The number of aryl methyl sites for hydroxylation is 4. The minimum Gasteiger partial charge on any atom is -0.490 e.